The number of esters is 1. The highest BCUT2D eigenvalue weighted by Gasteiger charge is 2.36. The van der Waals surface area contributed by atoms with Crippen LogP contribution in [0.15, 0.2) is 35.6 Å². The molecule has 1 aliphatic heterocycles. The topological polar surface area (TPSA) is 59.0 Å². The number of methoxy groups -OCH3 is 1. The molecule has 19 heavy (non-hydrogen) atoms. The van der Waals surface area contributed by atoms with E-state index >= 15 is 0 Å². The third kappa shape index (κ3) is 2.92. The second-order valence-corrected chi connectivity index (χ2v) is 3.46. The Bertz CT molecular complexity index is 821. The quantitative estimate of drug-likeness (QED) is 0.624. The van der Waals surface area contributed by atoms with Crippen LogP contribution in [0.3, 0.4) is 0 Å². The van der Waals surface area contributed by atoms with Crippen LogP contribution in [-0.4, -0.2) is 30.6 Å². The third-order valence-electron chi connectivity index (χ3n) is 2.39. The number of carbonyl (C=O) groups excluding carboxylic acids is 1. The predicted octanol–water partition coefficient (Wildman–Crippen LogP) is 2.48. The van der Waals surface area contributed by atoms with Gasteiger partial charge in [-0.25, -0.2) is 0 Å². The molecular weight excluding hydrogens is 244 g/mol. The van der Waals surface area contributed by atoms with Crippen LogP contribution < -0.4 is 0 Å². The number of nitroso groups, excluding NO2 is 1. The predicted molar refractivity (Wildman–Crippen MR) is 71.3 cm³/mol. The first kappa shape index (κ1) is 5.61. The lowest BCUT2D eigenvalue weighted by atomic mass is 9.86. The number of carbonyl (C=O) groups is 1. The molecular formula is C14H18N2O3. The fourth-order valence-corrected chi connectivity index (χ4v) is 1.57. The molecule has 5 nitrogen and oxygen atoms in total. The lowest BCUT2D eigenvalue weighted by molar-refractivity contribution is -0.144. The molecule has 1 aliphatic rings. The molecule has 1 aromatic carbocycles. The van der Waals surface area contributed by atoms with Crippen molar-refractivity contribution < 1.29 is 23.2 Å². The maximum absolute atomic E-state index is 12.7. The van der Waals surface area contributed by atoms with Gasteiger partial charge in [-0.15, -0.1) is 4.91 Å². The van der Waals surface area contributed by atoms with Crippen molar-refractivity contribution in [1.29, 1.82) is 0 Å². The van der Waals surface area contributed by atoms with Crippen molar-refractivity contribution in [3.05, 3.63) is 40.8 Å². The minimum atomic E-state index is -3.81. The molecule has 2 rings (SSSR count). The van der Waals surface area contributed by atoms with Gasteiger partial charge in [-0.3, -0.25) is 9.80 Å². The Morgan fingerprint density at radius 1 is 1.58 bits per heavy atom. The lowest BCUT2D eigenvalue weighted by Crippen LogP contribution is -2.42. The summed E-state index contributed by atoms with van der Waals surface area (Å²) in [6.07, 6.45) is -11.3. The maximum atomic E-state index is 12.7. The largest absolute Gasteiger partial charge is 0.468 e. The number of ether oxygens (including phenoxy) is 1. The zero-order valence-corrected chi connectivity index (χ0v) is 10.0. The minimum absolute atomic E-state index is 0.409. The molecule has 0 amide bonds. The molecule has 0 spiro atoms. The van der Waals surface area contributed by atoms with Crippen LogP contribution in [0.25, 0.3) is 0 Å². The molecule has 0 N–H and O–H groups in total. The summed E-state index contributed by atoms with van der Waals surface area (Å²) in [6.45, 7) is -3.71. The van der Waals surface area contributed by atoms with Crippen molar-refractivity contribution in [2.45, 2.75) is 31.0 Å². The van der Waals surface area contributed by atoms with E-state index < -0.39 is 54.1 Å². The Balaban J connectivity index is 3.04. The van der Waals surface area contributed by atoms with Gasteiger partial charge in [-0.1, -0.05) is 30.3 Å². The second kappa shape index (κ2) is 6.31. The van der Waals surface area contributed by atoms with Crippen molar-refractivity contribution in [1.82, 2.24) is 5.01 Å². The molecule has 1 fully saturated rings. The zero-order chi connectivity index (χ0) is 22.7. The summed E-state index contributed by atoms with van der Waals surface area (Å²) in [5, 5.41) is 1.74. The summed E-state index contributed by atoms with van der Waals surface area (Å²) < 4.78 is 86.1. The average Bonchev–Trinajstić information content (AvgIpc) is 2.65. The summed E-state index contributed by atoms with van der Waals surface area (Å²) >= 11 is 0. The van der Waals surface area contributed by atoms with E-state index in [4.69, 9.17) is 13.7 Å². The van der Waals surface area contributed by atoms with Gasteiger partial charge in [0.1, 0.15) is 5.89 Å². The molecule has 0 unspecified atom stereocenters. The standard InChI is InChI=1S/C14H18N2O3/c1-19-14(17)13(11-7-3-2-4-8-11)12-9-5-6-10-16(12)15-18/h2-4,7-8,12-13H,5-6,9-10H2,1H3/t12-,13-/m0/s1/i5D2,6D2,9D2,10D2,12D,13D. The van der Waals surface area contributed by atoms with Crippen LogP contribution in [-0.2, 0) is 9.53 Å². The summed E-state index contributed by atoms with van der Waals surface area (Å²) in [5.74, 6) is -4.83. The highest BCUT2D eigenvalue weighted by Crippen LogP contribution is 2.31. The van der Waals surface area contributed by atoms with Gasteiger partial charge < -0.3 is 4.74 Å². The van der Waals surface area contributed by atoms with Crippen LogP contribution in [0, 0.1) is 4.91 Å². The molecule has 1 aromatic rings. The van der Waals surface area contributed by atoms with E-state index in [2.05, 4.69) is 10.0 Å². The van der Waals surface area contributed by atoms with Gasteiger partial charge in [0.25, 0.3) is 0 Å². The monoisotopic (exact) mass is 272 g/mol. The van der Waals surface area contributed by atoms with Crippen LogP contribution in [0.4, 0.5) is 0 Å². The van der Waals surface area contributed by atoms with E-state index in [-0.39, 0.29) is 0 Å². The maximum Gasteiger partial charge on any atom is 0.315 e. The van der Waals surface area contributed by atoms with Crippen molar-refractivity contribution >= 4 is 5.97 Å². The zero-order valence-electron chi connectivity index (χ0n) is 20.0. The first-order chi connectivity index (χ1) is 13.0. The molecule has 5 heteroatoms. The number of hydrogen-bond acceptors (Lipinski definition) is 4. The van der Waals surface area contributed by atoms with Gasteiger partial charge in [0.05, 0.1) is 22.5 Å². The van der Waals surface area contributed by atoms with Gasteiger partial charge in [-0.2, -0.15) is 0 Å². The fraction of sp³-hybridized carbons (Fsp3) is 0.500. The molecule has 1 heterocycles. The second-order valence-electron chi connectivity index (χ2n) is 3.46. The number of hydrogen-bond donors (Lipinski definition) is 0. The van der Waals surface area contributed by atoms with Crippen LogP contribution in [0.5, 0.6) is 0 Å². The average molecular weight is 272 g/mol. The summed E-state index contributed by atoms with van der Waals surface area (Å²) in [5.41, 5.74) is -0.409. The van der Waals surface area contributed by atoms with Crippen molar-refractivity contribution in [2.75, 3.05) is 13.6 Å². The summed E-state index contributed by atoms with van der Waals surface area (Å²) in [4.78, 5) is 24.3. The summed E-state index contributed by atoms with van der Waals surface area (Å²) in [6, 6.07) is 2.64. The van der Waals surface area contributed by atoms with Crippen molar-refractivity contribution in [2.24, 2.45) is 5.29 Å². The molecule has 0 bridgehead atoms. The Kier molecular flexibility index (Phi) is 1.86. The van der Waals surface area contributed by atoms with Gasteiger partial charge in [0.2, 0.25) is 0 Å². The Morgan fingerprint density at radius 2 is 2.32 bits per heavy atom. The first-order valence-corrected chi connectivity index (χ1v) is 5.31. The molecule has 1 saturated heterocycles. The van der Waals surface area contributed by atoms with Gasteiger partial charge in [-0.05, 0) is 24.7 Å². The highest BCUT2D eigenvalue weighted by atomic mass is 16.5. The normalized spacial score (nSPS) is 44.6. The lowest BCUT2D eigenvalue weighted by Gasteiger charge is -2.35. The molecule has 0 saturated carbocycles. The van der Waals surface area contributed by atoms with E-state index in [0.29, 0.717) is 0 Å². The van der Waals surface area contributed by atoms with Crippen LogP contribution >= 0.6 is 0 Å². The number of benzene rings is 1. The molecule has 102 valence electrons. The smallest absolute Gasteiger partial charge is 0.315 e. The van der Waals surface area contributed by atoms with E-state index in [0.717, 1.165) is 19.2 Å². The Morgan fingerprint density at radius 3 is 2.95 bits per heavy atom. The molecule has 0 aromatic heterocycles. The Labute approximate surface area is 126 Å². The van der Waals surface area contributed by atoms with Gasteiger partial charge in [0, 0.05) is 16.1 Å². The molecule has 0 aliphatic carbocycles. The Hall–Kier alpha value is -1.91. The number of rotatable bonds is 4. The molecule has 0 radical (unpaired) electrons. The highest BCUT2D eigenvalue weighted by molar-refractivity contribution is 5.79. The molecule has 2 atom stereocenters. The van der Waals surface area contributed by atoms with Crippen molar-refractivity contribution in [3.63, 3.8) is 0 Å². The van der Waals surface area contributed by atoms with E-state index in [1.54, 1.807) is 0 Å². The SMILES string of the molecule is [2H]C1([2H])N(N=O)[C@]([2H])([C@@]([2H])(C(=O)OC)c2ccccc2)C([2H])([2H])C([2H])([2H])C1([2H])[2H]. The fourth-order valence-electron chi connectivity index (χ4n) is 1.57. The summed E-state index contributed by atoms with van der Waals surface area (Å²) in [7, 11) is 0.817. The first-order valence-electron chi connectivity index (χ1n) is 10.3. The number of piperidine rings is 1. The van der Waals surface area contributed by atoms with Crippen molar-refractivity contribution in [3.8, 4) is 0 Å². The number of nitrogens with zero attached hydrogens (tertiary/aromatic N) is 2. The third-order valence-corrected chi connectivity index (χ3v) is 2.39. The van der Waals surface area contributed by atoms with Gasteiger partial charge >= 0.3 is 5.97 Å². The van der Waals surface area contributed by atoms with E-state index in [9.17, 15) is 9.70 Å². The van der Waals surface area contributed by atoms with Crippen LogP contribution in [0.1, 0.15) is 44.3 Å². The minimum Gasteiger partial charge on any atom is -0.468 e. The van der Waals surface area contributed by atoms with E-state index in [1.807, 2.05) is 0 Å². The van der Waals surface area contributed by atoms with Gasteiger partial charge in [0.15, 0.2) is 0 Å². The van der Waals surface area contributed by atoms with E-state index in [1.165, 1.54) is 18.2 Å². The van der Waals surface area contributed by atoms with Crippen LogP contribution in [0.2, 0.25) is 0 Å².